The molecule has 1 unspecified atom stereocenters. The van der Waals surface area contributed by atoms with E-state index in [-0.39, 0.29) is 11.9 Å². The van der Waals surface area contributed by atoms with Crippen LogP contribution in [0.15, 0.2) is 24.7 Å². The van der Waals surface area contributed by atoms with Gasteiger partial charge in [0.1, 0.15) is 5.69 Å². The first kappa shape index (κ1) is 15.6. The second kappa shape index (κ2) is 5.87. The highest BCUT2D eigenvalue weighted by Crippen LogP contribution is 2.39. The van der Waals surface area contributed by atoms with E-state index in [0.29, 0.717) is 23.9 Å². The molecule has 1 aliphatic heterocycles. The maximum Gasteiger partial charge on any atom is 0.274 e. The number of hydrogen-bond donors (Lipinski definition) is 0. The van der Waals surface area contributed by atoms with Gasteiger partial charge in [-0.25, -0.2) is 14.6 Å². The molecule has 1 fully saturated rings. The summed E-state index contributed by atoms with van der Waals surface area (Å²) < 4.78 is 9.00. The Morgan fingerprint density at radius 3 is 3.00 bits per heavy atom. The number of fused-ring (bicyclic) bond motifs is 1. The number of carbonyl (C=O) groups is 1. The maximum atomic E-state index is 13.1. The van der Waals surface area contributed by atoms with Crippen molar-refractivity contribution in [1.82, 2.24) is 29.0 Å². The van der Waals surface area contributed by atoms with Crippen LogP contribution in [0.4, 0.5) is 0 Å². The summed E-state index contributed by atoms with van der Waals surface area (Å²) in [6, 6.07) is 1.76. The molecule has 4 rings (SSSR count). The summed E-state index contributed by atoms with van der Waals surface area (Å²) in [6.07, 6.45) is 7.06. The standard InChI is InChI=1S/C17H20N6O2/c1-11-14(16(25-3)21(2)20-11)13-6-4-9-23(13)15(24)12-10-22-8-5-7-18-17(22)19-12/h5,7-8,10,13H,4,6,9H2,1-3H3. The van der Waals surface area contributed by atoms with Gasteiger partial charge < -0.3 is 9.64 Å². The molecule has 1 atom stereocenters. The smallest absolute Gasteiger partial charge is 0.274 e. The summed E-state index contributed by atoms with van der Waals surface area (Å²) >= 11 is 0. The summed E-state index contributed by atoms with van der Waals surface area (Å²) in [6.45, 7) is 2.65. The van der Waals surface area contributed by atoms with Crippen LogP contribution in [0, 0.1) is 6.92 Å². The number of rotatable bonds is 3. The SMILES string of the molecule is COc1c(C2CCCN2C(=O)c2cn3cccnc3n2)c(C)nn1C. The molecule has 0 spiro atoms. The van der Waals surface area contributed by atoms with E-state index in [4.69, 9.17) is 4.74 Å². The van der Waals surface area contributed by atoms with Gasteiger partial charge in [0.25, 0.3) is 5.91 Å². The minimum atomic E-state index is -0.0849. The van der Waals surface area contributed by atoms with Crippen molar-refractivity contribution in [3.8, 4) is 5.88 Å². The van der Waals surface area contributed by atoms with Gasteiger partial charge in [0, 0.05) is 32.2 Å². The minimum absolute atomic E-state index is 0.0473. The first-order chi connectivity index (χ1) is 12.1. The maximum absolute atomic E-state index is 13.1. The van der Waals surface area contributed by atoms with Crippen molar-refractivity contribution in [3.05, 3.63) is 41.6 Å². The zero-order valence-corrected chi connectivity index (χ0v) is 14.5. The third-order valence-corrected chi connectivity index (χ3v) is 4.71. The molecule has 4 heterocycles. The molecule has 0 aromatic carbocycles. The Hall–Kier alpha value is -2.90. The highest BCUT2D eigenvalue weighted by atomic mass is 16.5. The third-order valence-electron chi connectivity index (χ3n) is 4.71. The number of amides is 1. The van der Waals surface area contributed by atoms with Gasteiger partial charge in [-0.3, -0.25) is 9.20 Å². The van der Waals surface area contributed by atoms with Crippen molar-refractivity contribution in [2.75, 3.05) is 13.7 Å². The summed E-state index contributed by atoms with van der Waals surface area (Å²) in [5, 5.41) is 4.45. The van der Waals surface area contributed by atoms with Crippen LogP contribution in [0.25, 0.3) is 5.78 Å². The van der Waals surface area contributed by atoms with Gasteiger partial charge in [0.15, 0.2) is 0 Å². The molecule has 0 bridgehead atoms. The number of nitrogens with zero attached hydrogens (tertiary/aromatic N) is 6. The summed E-state index contributed by atoms with van der Waals surface area (Å²) in [7, 11) is 3.49. The highest BCUT2D eigenvalue weighted by Gasteiger charge is 2.36. The van der Waals surface area contributed by atoms with E-state index >= 15 is 0 Å². The average molecular weight is 340 g/mol. The molecule has 8 heteroatoms. The average Bonchev–Trinajstić information content (AvgIpc) is 3.30. The monoisotopic (exact) mass is 340 g/mol. The van der Waals surface area contributed by atoms with Crippen LogP contribution in [0.1, 0.15) is 40.6 Å². The summed E-state index contributed by atoms with van der Waals surface area (Å²) in [5.74, 6) is 1.15. The van der Waals surface area contributed by atoms with Crippen molar-refractivity contribution in [3.63, 3.8) is 0 Å². The molecule has 1 saturated heterocycles. The van der Waals surface area contributed by atoms with Crippen LogP contribution in [0.5, 0.6) is 5.88 Å². The van der Waals surface area contributed by atoms with Gasteiger partial charge in [-0.15, -0.1) is 0 Å². The van der Waals surface area contributed by atoms with Crippen molar-refractivity contribution in [2.45, 2.75) is 25.8 Å². The predicted octanol–water partition coefficient (Wildman–Crippen LogP) is 1.76. The van der Waals surface area contributed by atoms with Gasteiger partial charge in [0.2, 0.25) is 11.7 Å². The number of likely N-dealkylation sites (tertiary alicyclic amines) is 1. The van der Waals surface area contributed by atoms with Crippen LogP contribution < -0.4 is 4.74 Å². The molecule has 130 valence electrons. The van der Waals surface area contributed by atoms with E-state index in [1.54, 1.807) is 28.6 Å². The van der Waals surface area contributed by atoms with Crippen molar-refractivity contribution in [2.24, 2.45) is 7.05 Å². The van der Waals surface area contributed by atoms with Crippen LogP contribution in [0.3, 0.4) is 0 Å². The number of carbonyl (C=O) groups excluding carboxylic acids is 1. The summed E-state index contributed by atoms with van der Waals surface area (Å²) in [4.78, 5) is 23.5. The number of ether oxygens (including phenoxy) is 1. The van der Waals surface area contributed by atoms with Crippen molar-refractivity contribution < 1.29 is 9.53 Å². The molecular weight excluding hydrogens is 320 g/mol. The fourth-order valence-corrected chi connectivity index (χ4v) is 3.67. The van der Waals surface area contributed by atoms with Gasteiger partial charge in [0.05, 0.1) is 24.4 Å². The molecule has 3 aromatic rings. The number of imidazole rings is 1. The fourth-order valence-electron chi connectivity index (χ4n) is 3.67. The quantitative estimate of drug-likeness (QED) is 0.726. The Balaban J connectivity index is 1.71. The molecule has 8 nitrogen and oxygen atoms in total. The van der Waals surface area contributed by atoms with Crippen LogP contribution in [-0.2, 0) is 7.05 Å². The normalized spacial score (nSPS) is 17.4. The molecule has 0 aliphatic carbocycles. The minimum Gasteiger partial charge on any atom is -0.481 e. The lowest BCUT2D eigenvalue weighted by Gasteiger charge is -2.24. The lowest BCUT2D eigenvalue weighted by atomic mass is 10.0. The lowest BCUT2D eigenvalue weighted by molar-refractivity contribution is 0.0728. The zero-order chi connectivity index (χ0) is 17.6. The molecule has 1 amide bonds. The Morgan fingerprint density at radius 2 is 2.24 bits per heavy atom. The highest BCUT2D eigenvalue weighted by molar-refractivity contribution is 5.93. The van der Waals surface area contributed by atoms with E-state index in [1.165, 1.54) is 0 Å². The Bertz CT molecular complexity index is 911. The largest absolute Gasteiger partial charge is 0.481 e. The second-order valence-corrected chi connectivity index (χ2v) is 6.24. The Morgan fingerprint density at radius 1 is 1.40 bits per heavy atom. The third kappa shape index (κ3) is 2.45. The van der Waals surface area contributed by atoms with Crippen molar-refractivity contribution in [1.29, 1.82) is 0 Å². The molecule has 0 radical (unpaired) electrons. The summed E-state index contributed by atoms with van der Waals surface area (Å²) in [5.41, 5.74) is 2.28. The molecule has 0 N–H and O–H groups in total. The zero-order valence-electron chi connectivity index (χ0n) is 14.5. The lowest BCUT2D eigenvalue weighted by Crippen LogP contribution is -2.31. The topological polar surface area (TPSA) is 77.6 Å². The number of methoxy groups -OCH3 is 1. The van der Waals surface area contributed by atoms with E-state index in [0.717, 1.165) is 24.1 Å². The molecular formula is C17H20N6O2. The van der Waals surface area contributed by atoms with E-state index < -0.39 is 0 Å². The van der Waals surface area contributed by atoms with Gasteiger partial charge >= 0.3 is 0 Å². The van der Waals surface area contributed by atoms with Gasteiger partial charge in [-0.05, 0) is 25.8 Å². The van der Waals surface area contributed by atoms with Crippen LogP contribution in [0.2, 0.25) is 0 Å². The molecule has 3 aromatic heterocycles. The second-order valence-electron chi connectivity index (χ2n) is 6.24. The van der Waals surface area contributed by atoms with Crippen LogP contribution >= 0.6 is 0 Å². The van der Waals surface area contributed by atoms with Crippen LogP contribution in [-0.4, -0.2) is 48.6 Å². The molecule has 0 saturated carbocycles. The van der Waals surface area contributed by atoms with E-state index in [2.05, 4.69) is 15.1 Å². The van der Waals surface area contributed by atoms with E-state index in [9.17, 15) is 4.79 Å². The first-order valence-corrected chi connectivity index (χ1v) is 8.28. The van der Waals surface area contributed by atoms with Crippen molar-refractivity contribution >= 4 is 11.7 Å². The van der Waals surface area contributed by atoms with E-state index in [1.807, 2.05) is 31.1 Å². The number of aromatic nitrogens is 5. The first-order valence-electron chi connectivity index (χ1n) is 8.28. The fraction of sp³-hybridized carbons (Fsp3) is 0.412. The predicted molar refractivity (Wildman–Crippen MR) is 90.5 cm³/mol. The van der Waals surface area contributed by atoms with Gasteiger partial charge in [-0.1, -0.05) is 0 Å². The number of aryl methyl sites for hydroxylation is 2. The Labute approximate surface area is 145 Å². The molecule has 25 heavy (non-hydrogen) atoms. The Kier molecular flexibility index (Phi) is 3.67. The van der Waals surface area contributed by atoms with Gasteiger partial charge in [-0.2, -0.15) is 5.10 Å². The number of hydrogen-bond acceptors (Lipinski definition) is 5. The molecule has 1 aliphatic rings.